The fourth-order valence-electron chi connectivity index (χ4n) is 0.787. The van der Waals surface area contributed by atoms with Gasteiger partial charge >= 0.3 is 14.6 Å². The molecule has 0 bridgehead atoms. The third-order valence-corrected chi connectivity index (χ3v) is 1.37. The van der Waals surface area contributed by atoms with Crippen molar-refractivity contribution in [1.82, 2.24) is 0 Å². The summed E-state index contributed by atoms with van der Waals surface area (Å²) in [6.07, 6.45) is 2.96. The Labute approximate surface area is 104 Å². The maximum Gasteiger partial charge on any atom is 0.639 e. The Kier molecular flexibility index (Phi) is 18.0. The average molecular weight is 250 g/mol. The van der Waals surface area contributed by atoms with Gasteiger partial charge in [0.15, 0.2) is 0 Å². The Morgan fingerprint density at radius 3 is 1.12 bits per heavy atom. The number of hydrogen-bond donors (Lipinski definition) is 3. The molecule has 0 amide bonds. The summed E-state index contributed by atoms with van der Waals surface area (Å²) in [6.45, 7) is 8.28. The van der Waals surface area contributed by atoms with Crippen LogP contribution in [0.3, 0.4) is 0 Å². The second-order valence-electron chi connectivity index (χ2n) is 3.25. The fraction of sp³-hybridized carbons (Fsp3) is 1.00. The summed E-state index contributed by atoms with van der Waals surface area (Å²) in [5, 5.41) is 21.5. The van der Waals surface area contributed by atoms with Crippen LogP contribution in [0.4, 0.5) is 0 Å². The van der Waals surface area contributed by atoms with E-state index in [0.717, 1.165) is 19.3 Å². The van der Waals surface area contributed by atoms with Gasteiger partial charge in [-0.25, -0.2) is 0 Å². The average Bonchev–Trinajstić information content (AvgIpc) is 2.27. The van der Waals surface area contributed by atoms with Crippen LogP contribution in [0.5, 0.6) is 0 Å². The minimum atomic E-state index is -2.17. The van der Waals surface area contributed by atoms with Gasteiger partial charge in [0.2, 0.25) is 0 Å². The van der Waals surface area contributed by atoms with Crippen molar-refractivity contribution >= 4 is 14.6 Å². The van der Waals surface area contributed by atoms with Gasteiger partial charge in [-0.15, -0.1) is 0 Å². The number of rotatable bonds is 9. The topological polar surface area (TPSA) is 88.4 Å². The highest BCUT2D eigenvalue weighted by atomic mass is 16.7. The highest BCUT2D eigenvalue weighted by Crippen LogP contribution is 1.96. The van der Waals surface area contributed by atoms with Crippen LogP contribution in [0, 0.1) is 0 Å². The van der Waals surface area contributed by atoms with Crippen LogP contribution >= 0.6 is 0 Å². The molecular formula is C9H24B2O6. The van der Waals surface area contributed by atoms with Crippen molar-refractivity contribution in [1.29, 1.82) is 0 Å². The Hall–Kier alpha value is -0.110. The van der Waals surface area contributed by atoms with Crippen molar-refractivity contribution in [3.8, 4) is 0 Å². The van der Waals surface area contributed by atoms with Gasteiger partial charge in [-0.2, -0.15) is 0 Å². The van der Waals surface area contributed by atoms with Crippen LogP contribution in [0.15, 0.2) is 0 Å². The fourth-order valence-corrected chi connectivity index (χ4v) is 0.787. The van der Waals surface area contributed by atoms with Gasteiger partial charge in [0, 0.05) is 19.8 Å². The van der Waals surface area contributed by atoms with Crippen molar-refractivity contribution in [2.24, 2.45) is 0 Å². The first kappa shape index (κ1) is 19.2. The molecule has 0 saturated carbocycles. The second-order valence-corrected chi connectivity index (χ2v) is 3.25. The molecule has 0 rings (SSSR count). The van der Waals surface area contributed by atoms with Crippen molar-refractivity contribution in [3.63, 3.8) is 0 Å². The van der Waals surface area contributed by atoms with E-state index in [-0.39, 0.29) is 0 Å². The maximum absolute atomic E-state index is 7.17. The zero-order valence-corrected chi connectivity index (χ0v) is 11.0. The highest BCUT2D eigenvalue weighted by molar-refractivity contribution is 6.36. The molecule has 102 valence electrons. The molecule has 0 unspecified atom stereocenters. The van der Waals surface area contributed by atoms with Gasteiger partial charge in [-0.05, 0) is 19.3 Å². The summed E-state index contributed by atoms with van der Waals surface area (Å²) in [4.78, 5) is 0. The van der Waals surface area contributed by atoms with Crippen LogP contribution in [0.25, 0.3) is 0 Å². The maximum atomic E-state index is 7.17. The lowest BCUT2D eigenvalue weighted by Gasteiger charge is -2.12. The van der Waals surface area contributed by atoms with Gasteiger partial charge < -0.3 is 29.0 Å². The second kappa shape index (κ2) is 15.9. The van der Waals surface area contributed by atoms with Crippen molar-refractivity contribution in [2.45, 2.75) is 40.0 Å². The van der Waals surface area contributed by atoms with Gasteiger partial charge in [-0.3, -0.25) is 0 Å². The normalized spacial score (nSPS) is 9.53. The Morgan fingerprint density at radius 2 is 0.941 bits per heavy atom. The van der Waals surface area contributed by atoms with E-state index >= 15 is 0 Å². The van der Waals surface area contributed by atoms with E-state index < -0.39 is 14.6 Å². The molecule has 0 spiro atoms. The van der Waals surface area contributed by atoms with E-state index in [0.29, 0.717) is 19.8 Å². The van der Waals surface area contributed by atoms with E-state index in [1.807, 2.05) is 0 Å². The monoisotopic (exact) mass is 250 g/mol. The first-order valence-electron chi connectivity index (χ1n) is 5.97. The molecule has 0 aliphatic heterocycles. The third-order valence-electron chi connectivity index (χ3n) is 1.37. The summed E-state index contributed by atoms with van der Waals surface area (Å²) < 4.78 is 16.1. The molecule has 8 heteroatoms. The highest BCUT2D eigenvalue weighted by Gasteiger charge is 2.19. The van der Waals surface area contributed by atoms with Gasteiger partial charge in [-0.1, -0.05) is 20.8 Å². The Morgan fingerprint density at radius 1 is 0.706 bits per heavy atom. The third kappa shape index (κ3) is 21.7. The molecule has 6 nitrogen and oxygen atoms in total. The van der Waals surface area contributed by atoms with Crippen LogP contribution in [0.1, 0.15) is 40.0 Å². The van der Waals surface area contributed by atoms with Gasteiger partial charge in [0.1, 0.15) is 0 Å². The molecule has 0 aliphatic rings. The smallest absolute Gasteiger partial charge is 0.402 e. The van der Waals surface area contributed by atoms with Crippen molar-refractivity contribution < 1.29 is 29.0 Å². The molecule has 0 aromatic carbocycles. The summed E-state index contributed by atoms with van der Waals surface area (Å²) in [6, 6.07) is 0. The molecule has 3 N–H and O–H groups in total. The van der Waals surface area contributed by atoms with E-state index in [2.05, 4.69) is 20.8 Å². The largest absolute Gasteiger partial charge is 0.639 e. The lowest BCUT2D eigenvalue weighted by Crippen LogP contribution is -2.28. The summed E-state index contributed by atoms with van der Waals surface area (Å²) in [5.74, 6) is 0. The molecule has 17 heavy (non-hydrogen) atoms. The molecule has 0 aliphatic carbocycles. The van der Waals surface area contributed by atoms with Crippen LogP contribution in [-0.4, -0.2) is 49.5 Å². The van der Waals surface area contributed by atoms with E-state index in [1.54, 1.807) is 0 Å². The van der Waals surface area contributed by atoms with E-state index in [1.165, 1.54) is 0 Å². The van der Waals surface area contributed by atoms with Gasteiger partial charge in [0.25, 0.3) is 0 Å². The lowest BCUT2D eigenvalue weighted by molar-refractivity contribution is 0.0933. The first-order chi connectivity index (χ1) is 8.08. The first-order valence-corrected chi connectivity index (χ1v) is 5.97. The van der Waals surface area contributed by atoms with Crippen LogP contribution < -0.4 is 0 Å². The SMILES string of the molecule is CCCOB(OCCC)OCCC.OB(O)O. The minimum absolute atomic E-state index is 0.458. The number of hydrogen-bond acceptors (Lipinski definition) is 6. The molecule has 0 fully saturated rings. The minimum Gasteiger partial charge on any atom is -0.402 e. The summed E-state index contributed by atoms with van der Waals surface area (Å²) >= 11 is 0. The Bertz CT molecular complexity index is 117. The van der Waals surface area contributed by atoms with Crippen LogP contribution in [-0.2, 0) is 14.0 Å². The standard InChI is InChI=1S/C9H21BO3.BH3O3/c1-4-7-11-10(12-8-5-2)13-9-6-3;2-1(3)4/h4-9H2,1-3H3;2-4H. The molecule has 0 radical (unpaired) electrons. The van der Waals surface area contributed by atoms with E-state index in [4.69, 9.17) is 29.0 Å². The quantitative estimate of drug-likeness (QED) is 0.506. The van der Waals surface area contributed by atoms with E-state index in [9.17, 15) is 0 Å². The predicted molar refractivity (Wildman–Crippen MR) is 66.9 cm³/mol. The Balaban J connectivity index is 0. The zero-order valence-electron chi connectivity index (χ0n) is 11.0. The molecule has 0 heterocycles. The zero-order chi connectivity index (χ0) is 13.5. The summed E-state index contributed by atoms with van der Waals surface area (Å²) in [7, 11) is -2.63. The van der Waals surface area contributed by atoms with Crippen molar-refractivity contribution in [2.75, 3.05) is 19.8 Å². The molecular weight excluding hydrogens is 226 g/mol. The molecule has 0 saturated heterocycles. The lowest BCUT2D eigenvalue weighted by atomic mass is 10.2. The predicted octanol–water partition coefficient (Wildman–Crippen LogP) is 0.199. The molecule has 0 aromatic heterocycles. The molecule has 0 atom stereocenters. The molecule has 0 aromatic rings. The van der Waals surface area contributed by atoms with Crippen molar-refractivity contribution in [3.05, 3.63) is 0 Å². The summed E-state index contributed by atoms with van der Waals surface area (Å²) in [5.41, 5.74) is 0. The van der Waals surface area contributed by atoms with Gasteiger partial charge in [0.05, 0.1) is 0 Å². The van der Waals surface area contributed by atoms with Crippen LogP contribution in [0.2, 0.25) is 0 Å².